The van der Waals surface area contributed by atoms with Crippen LogP contribution in [0.15, 0.2) is 52.5 Å². The first-order valence-corrected chi connectivity index (χ1v) is 10.5. The topological polar surface area (TPSA) is 100 Å². The minimum absolute atomic E-state index is 0.226. The van der Waals surface area contributed by atoms with Gasteiger partial charge in [0, 0.05) is 20.4 Å². The molecule has 0 radical (unpaired) electrons. The van der Waals surface area contributed by atoms with E-state index in [4.69, 9.17) is 18.9 Å². The highest BCUT2D eigenvalue weighted by Gasteiger charge is 2.38. The van der Waals surface area contributed by atoms with Gasteiger partial charge in [-0.2, -0.15) is 0 Å². The van der Waals surface area contributed by atoms with Crippen LogP contribution in [0, 0.1) is 0 Å². The van der Waals surface area contributed by atoms with Crippen LogP contribution in [0.3, 0.4) is 0 Å². The lowest BCUT2D eigenvalue weighted by Crippen LogP contribution is -2.41. The Morgan fingerprint density at radius 3 is 2.41 bits per heavy atom. The summed E-state index contributed by atoms with van der Waals surface area (Å²) in [6.45, 7) is 3.11. The molecular weight excluding hydrogens is 482 g/mol. The van der Waals surface area contributed by atoms with Gasteiger partial charge in [0.05, 0.1) is 11.6 Å². The Morgan fingerprint density at radius 2 is 1.78 bits per heavy atom. The summed E-state index contributed by atoms with van der Waals surface area (Å²) in [6, 6.07) is 12.7. The second-order valence-corrected chi connectivity index (χ2v) is 8.18. The van der Waals surface area contributed by atoms with Crippen molar-refractivity contribution in [1.29, 1.82) is 0 Å². The molecule has 168 valence electrons. The maximum absolute atomic E-state index is 12.2. The summed E-state index contributed by atoms with van der Waals surface area (Å²) in [6.07, 6.45) is 1.34. The Hall–Kier alpha value is -3.33. The highest BCUT2D eigenvalue weighted by molar-refractivity contribution is 9.10. The van der Waals surface area contributed by atoms with Gasteiger partial charge in [0.2, 0.25) is 0 Å². The van der Waals surface area contributed by atoms with Gasteiger partial charge >= 0.3 is 11.9 Å². The molecule has 1 aliphatic rings. The summed E-state index contributed by atoms with van der Waals surface area (Å²) in [5, 5.41) is 2.78. The van der Waals surface area contributed by atoms with Crippen LogP contribution in [0.25, 0.3) is 6.08 Å². The first kappa shape index (κ1) is 23.3. The first-order valence-electron chi connectivity index (χ1n) is 9.68. The highest BCUT2D eigenvalue weighted by Crippen LogP contribution is 2.37. The molecule has 0 saturated carbocycles. The Labute approximate surface area is 193 Å². The van der Waals surface area contributed by atoms with Gasteiger partial charge in [-0.05, 0) is 45.3 Å². The first-order chi connectivity index (χ1) is 15.2. The molecule has 1 saturated heterocycles. The van der Waals surface area contributed by atoms with Crippen molar-refractivity contribution in [3.63, 3.8) is 0 Å². The summed E-state index contributed by atoms with van der Waals surface area (Å²) in [4.78, 5) is 36.5. The standard InChI is InChI=1S/C23H22BrNO7/c1-23(2)31-21(27)16(22(28)32-23)9-15-10-17(24)20(18(11-15)29-3)30-13-19(26)25-12-14-7-5-4-6-8-14/h4-11H,12-13H2,1-3H3,(H,25,26). The number of nitrogens with one attached hydrogen (secondary N) is 1. The summed E-state index contributed by atoms with van der Waals surface area (Å²) >= 11 is 3.38. The van der Waals surface area contributed by atoms with E-state index in [1.54, 1.807) is 12.1 Å². The van der Waals surface area contributed by atoms with Crippen molar-refractivity contribution in [2.24, 2.45) is 0 Å². The minimum atomic E-state index is -1.32. The maximum Gasteiger partial charge on any atom is 0.348 e. The lowest BCUT2D eigenvalue weighted by Gasteiger charge is -2.29. The number of cyclic esters (lactones) is 2. The largest absolute Gasteiger partial charge is 0.493 e. The van der Waals surface area contributed by atoms with Crippen molar-refractivity contribution in [3.05, 3.63) is 63.6 Å². The average Bonchev–Trinajstić information content (AvgIpc) is 2.73. The smallest absolute Gasteiger partial charge is 0.348 e. The molecule has 2 aromatic carbocycles. The van der Waals surface area contributed by atoms with E-state index in [2.05, 4.69) is 21.2 Å². The van der Waals surface area contributed by atoms with Crippen molar-refractivity contribution in [2.75, 3.05) is 13.7 Å². The molecule has 9 heteroatoms. The predicted molar refractivity (Wildman–Crippen MR) is 119 cm³/mol. The number of hydrogen-bond acceptors (Lipinski definition) is 7. The molecule has 32 heavy (non-hydrogen) atoms. The molecule has 0 unspecified atom stereocenters. The number of carbonyl (C=O) groups is 3. The van der Waals surface area contributed by atoms with Gasteiger partial charge < -0.3 is 24.3 Å². The highest BCUT2D eigenvalue weighted by atomic mass is 79.9. The van der Waals surface area contributed by atoms with Crippen LogP contribution < -0.4 is 14.8 Å². The van der Waals surface area contributed by atoms with Crippen LogP contribution in [-0.4, -0.2) is 37.3 Å². The van der Waals surface area contributed by atoms with Crippen LogP contribution in [0.1, 0.15) is 25.0 Å². The quantitative estimate of drug-likeness (QED) is 0.351. The second kappa shape index (κ2) is 9.86. The third-order valence-electron chi connectivity index (χ3n) is 4.36. The molecule has 1 amide bonds. The molecule has 1 N–H and O–H groups in total. The van der Waals surface area contributed by atoms with Crippen LogP contribution in [0.4, 0.5) is 0 Å². The van der Waals surface area contributed by atoms with Gasteiger partial charge in [-0.3, -0.25) is 4.79 Å². The Morgan fingerprint density at radius 1 is 1.12 bits per heavy atom. The van der Waals surface area contributed by atoms with Crippen LogP contribution >= 0.6 is 15.9 Å². The van der Waals surface area contributed by atoms with Gasteiger partial charge in [0.1, 0.15) is 5.57 Å². The molecule has 2 aromatic rings. The van der Waals surface area contributed by atoms with Gasteiger partial charge in [0.15, 0.2) is 18.1 Å². The van der Waals surface area contributed by atoms with E-state index in [0.717, 1.165) is 5.56 Å². The van der Waals surface area contributed by atoms with Gasteiger partial charge in [0.25, 0.3) is 11.7 Å². The zero-order chi connectivity index (χ0) is 23.3. The molecule has 1 fully saturated rings. The van der Waals surface area contributed by atoms with Crippen LogP contribution in [0.5, 0.6) is 11.5 Å². The monoisotopic (exact) mass is 503 g/mol. The number of methoxy groups -OCH3 is 1. The molecule has 1 aliphatic heterocycles. The SMILES string of the molecule is COc1cc(C=C2C(=O)OC(C)(C)OC2=O)cc(Br)c1OCC(=O)NCc1ccccc1. The summed E-state index contributed by atoms with van der Waals surface area (Å²) in [7, 11) is 1.44. The lowest BCUT2D eigenvalue weighted by atomic mass is 10.1. The zero-order valence-corrected chi connectivity index (χ0v) is 19.4. The molecule has 0 bridgehead atoms. The van der Waals surface area contributed by atoms with E-state index >= 15 is 0 Å². The van der Waals surface area contributed by atoms with Crippen molar-refractivity contribution in [1.82, 2.24) is 5.32 Å². The molecule has 0 atom stereocenters. The predicted octanol–water partition coefficient (Wildman–Crippen LogP) is 3.37. The normalized spacial score (nSPS) is 14.8. The number of esters is 2. The summed E-state index contributed by atoms with van der Waals surface area (Å²) in [5.41, 5.74) is 1.20. The van der Waals surface area contributed by atoms with Gasteiger partial charge in [-0.25, -0.2) is 9.59 Å². The molecule has 3 rings (SSSR count). The molecule has 1 heterocycles. The van der Waals surface area contributed by atoms with Crippen molar-refractivity contribution in [3.8, 4) is 11.5 Å². The number of rotatable bonds is 7. The Bertz CT molecular complexity index is 1040. The molecule has 0 aromatic heterocycles. The van der Waals surface area contributed by atoms with E-state index in [0.29, 0.717) is 28.1 Å². The van der Waals surface area contributed by atoms with Crippen LogP contribution in [0.2, 0.25) is 0 Å². The zero-order valence-electron chi connectivity index (χ0n) is 17.8. The summed E-state index contributed by atoms with van der Waals surface area (Å²) in [5.74, 6) is -2.57. The van der Waals surface area contributed by atoms with E-state index < -0.39 is 17.7 Å². The van der Waals surface area contributed by atoms with E-state index in [1.807, 2.05) is 30.3 Å². The molecule has 0 aliphatic carbocycles. The van der Waals surface area contributed by atoms with E-state index in [1.165, 1.54) is 27.0 Å². The van der Waals surface area contributed by atoms with Gasteiger partial charge in [-0.1, -0.05) is 30.3 Å². The number of carbonyl (C=O) groups excluding carboxylic acids is 3. The number of hydrogen-bond donors (Lipinski definition) is 1. The second-order valence-electron chi connectivity index (χ2n) is 7.32. The Kier molecular flexibility index (Phi) is 7.19. The molecular formula is C23H22BrNO7. The minimum Gasteiger partial charge on any atom is -0.493 e. The lowest BCUT2D eigenvalue weighted by molar-refractivity contribution is -0.222. The van der Waals surface area contributed by atoms with Crippen LogP contribution in [-0.2, 0) is 30.4 Å². The number of ether oxygens (including phenoxy) is 4. The fraction of sp³-hybridized carbons (Fsp3) is 0.261. The van der Waals surface area contributed by atoms with E-state index in [9.17, 15) is 14.4 Å². The number of benzene rings is 2. The van der Waals surface area contributed by atoms with Crippen molar-refractivity contribution >= 4 is 39.9 Å². The fourth-order valence-corrected chi connectivity index (χ4v) is 3.47. The third-order valence-corrected chi connectivity index (χ3v) is 4.95. The van der Waals surface area contributed by atoms with E-state index in [-0.39, 0.29) is 18.1 Å². The maximum atomic E-state index is 12.2. The molecule has 8 nitrogen and oxygen atoms in total. The third kappa shape index (κ3) is 5.88. The number of halogens is 1. The fourth-order valence-electron chi connectivity index (χ4n) is 2.89. The van der Waals surface area contributed by atoms with Crippen molar-refractivity contribution < 1.29 is 33.3 Å². The van der Waals surface area contributed by atoms with Crippen molar-refractivity contribution in [2.45, 2.75) is 26.2 Å². The van der Waals surface area contributed by atoms with Gasteiger partial charge in [-0.15, -0.1) is 0 Å². The summed E-state index contributed by atoms with van der Waals surface area (Å²) < 4.78 is 21.7. The number of amides is 1. The average molecular weight is 504 g/mol. The molecule has 0 spiro atoms. The Balaban J connectivity index is 1.70.